The molecular formula is C22H31BN2O6S. The molecule has 2 fully saturated rings. The first-order valence-corrected chi connectivity index (χ1v) is 12.6. The number of fused-ring (bicyclic) bond motifs is 1. The van der Waals surface area contributed by atoms with Crippen LogP contribution >= 0.6 is 0 Å². The number of alkyl carbamates (subject to hydrolysis) is 1. The zero-order chi connectivity index (χ0) is 22.5. The quantitative estimate of drug-likeness (QED) is 0.408. The van der Waals surface area contributed by atoms with Crippen LogP contribution in [0.2, 0.25) is 0 Å². The van der Waals surface area contributed by atoms with Crippen molar-refractivity contribution < 1.29 is 28.5 Å². The Balaban J connectivity index is 1.30. The van der Waals surface area contributed by atoms with Gasteiger partial charge in [0.1, 0.15) is 17.4 Å². The SMILES string of the molecule is O=C(NC(Cc1coc2ccccc12)B(O)O)OCC1CCCN1[S+]([O-])C1CCCCC1. The van der Waals surface area contributed by atoms with E-state index in [2.05, 4.69) is 5.32 Å². The molecule has 174 valence electrons. The molecule has 1 aromatic carbocycles. The minimum atomic E-state index is -1.75. The Bertz CT molecular complexity index is 890. The molecule has 3 atom stereocenters. The number of hydrogen-bond acceptors (Lipinski definition) is 7. The van der Waals surface area contributed by atoms with Gasteiger partial charge in [-0.25, -0.2) is 4.79 Å². The molecule has 10 heteroatoms. The third-order valence-corrected chi connectivity index (χ3v) is 8.45. The number of para-hydroxylation sites is 1. The third kappa shape index (κ3) is 5.61. The van der Waals surface area contributed by atoms with Gasteiger partial charge in [0.2, 0.25) is 0 Å². The van der Waals surface area contributed by atoms with E-state index in [9.17, 15) is 19.4 Å². The second-order valence-corrected chi connectivity index (χ2v) is 10.4. The molecule has 1 saturated carbocycles. The van der Waals surface area contributed by atoms with Crippen molar-refractivity contribution in [1.29, 1.82) is 0 Å². The highest BCUT2D eigenvalue weighted by atomic mass is 32.2. The first-order valence-electron chi connectivity index (χ1n) is 11.4. The zero-order valence-corrected chi connectivity index (χ0v) is 19.0. The third-order valence-electron chi connectivity index (χ3n) is 6.46. The van der Waals surface area contributed by atoms with Crippen LogP contribution in [0.3, 0.4) is 0 Å². The van der Waals surface area contributed by atoms with Crippen molar-refractivity contribution in [1.82, 2.24) is 9.62 Å². The average molecular weight is 462 g/mol. The van der Waals surface area contributed by atoms with Crippen molar-refractivity contribution >= 4 is 35.5 Å². The van der Waals surface area contributed by atoms with E-state index in [4.69, 9.17) is 9.15 Å². The van der Waals surface area contributed by atoms with E-state index in [1.54, 1.807) is 6.26 Å². The Morgan fingerprint density at radius 2 is 2.03 bits per heavy atom. The monoisotopic (exact) mass is 462 g/mol. The number of carbonyl (C=O) groups excluding carboxylic acids is 1. The Hall–Kier alpha value is -1.72. The van der Waals surface area contributed by atoms with E-state index in [-0.39, 0.29) is 24.3 Å². The largest absolute Gasteiger partial charge is 0.598 e. The number of benzene rings is 1. The fourth-order valence-electron chi connectivity index (χ4n) is 4.69. The van der Waals surface area contributed by atoms with Gasteiger partial charge in [-0.1, -0.05) is 24.6 Å². The molecule has 8 nitrogen and oxygen atoms in total. The molecular weight excluding hydrogens is 431 g/mol. The maximum atomic E-state index is 13.0. The highest BCUT2D eigenvalue weighted by Crippen LogP contribution is 2.31. The summed E-state index contributed by atoms with van der Waals surface area (Å²) in [5, 5.41) is 23.2. The van der Waals surface area contributed by atoms with E-state index >= 15 is 0 Å². The first kappa shape index (κ1) is 23.4. The molecule has 2 aliphatic rings. The highest BCUT2D eigenvalue weighted by Gasteiger charge is 2.39. The smallest absolute Gasteiger partial charge is 0.475 e. The molecule has 2 aromatic rings. The first-order chi connectivity index (χ1) is 15.5. The molecule has 2 heterocycles. The second-order valence-electron chi connectivity index (χ2n) is 8.70. The number of carbonyl (C=O) groups is 1. The molecule has 1 aliphatic carbocycles. The number of furan rings is 1. The van der Waals surface area contributed by atoms with Crippen LogP contribution in [0.4, 0.5) is 4.79 Å². The van der Waals surface area contributed by atoms with Gasteiger partial charge in [-0.3, -0.25) is 0 Å². The van der Waals surface area contributed by atoms with E-state index in [0.717, 1.165) is 56.0 Å². The molecule has 32 heavy (non-hydrogen) atoms. The number of nitrogens with zero attached hydrogens (tertiary/aromatic N) is 1. The van der Waals surface area contributed by atoms with Crippen LogP contribution in [0, 0.1) is 0 Å². The predicted molar refractivity (Wildman–Crippen MR) is 123 cm³/mol. The Kier molecular flexibility index (Phi) is 8.01. The lowest BCUT2D eigenvalue weighted by Crippen LogP contribution is -2.49. The lowest BCUT2D eigenvalue weighted by molar-refractivity contribution is 0.122. The molecule has 1 aromatic heterocycles. The fourth-order valence-corrected chi connectivity index (χ4v) is 6.58. The molecule has 0 bridgehead atoms. The lowest BCUT2D eigenvalue weighted by atomic mass is 9.76. The van der Waals surface area contributed by atoms with Gasteiger partial charge < -0.3 is 29.1 Å². The van der Waals surface area contributed by atoms with Crippen LogP contribution in [-0.4, -0.2) is 62.5 Å². The Morgan fingerprint density at radius 3 is 2.81 bits per heavy atom. The van der Waals surface area contributed by atoms with Crippen LogP contribution in [0.15, 0.2) is 34.9 Å². The van der Waals surface area contributed by atoms with Crippen LogP contribution in [0.5, 0.6) is 0 Å². The molecule has 3 N–H and O–H groups in total. The predicted octanol–water partition coefficient (Wildman–Crippen LogP) is 2.54. The summed E-state index contributed by atoms with van der Waals surface area (Å²) in [5.41, 5.74) is 1.47. The van der Waals surface area contributed by atoms with Crippen molar-refractivity contribution in [2.75, 3.05) is 13.2 Å². The van der Waals surface area contributed by atoms with Gasteiger partial charge in [0.05, 0.1) is 18.2 Å². The summed E-state index contributed by atoms with van der Waals surface area (Å²) in [6, 6.07) is 7.37. The molecule has 1 saturated heterocycles. The van der Waals surface area contributed by atoms with Gasteiger partial charge in [-0.2, -0.15) is 0 Å². The summed E-state index contributed by atoms with van der Waals surface area (Å²) in [5.74, 6) is -0.945. The van der Waals surface area contributed by atoms with Gasteiger partial charge >= 0.3 is 13.2 Å². The normalized spacial score (nSPS) is 22.0. The van der Waals surface area contributed by atoms with E-state index in [0.29, 0.717) is 5.58 Å². The molecule has 1 aliphatic heterocycles. The van der Waals surface area contributed by atoms with E-state index < -0.39 is 30.5 Å². The maximum absolute atomic E-state index is 13.0. The van der Waals surface area contributed by atoms with Crippen molar-refractivity contribution in [3.05, 3.63) is 36.1 Å². The van der Waals surface area contributed by atoms with Crippen LogP contribution in [0.25, 0.3) is 11.0 Å². The second kappa shape index (κ2) is 10.9. The van der Waals surface area contributed by atoms with Crippen LogP contribution < -0.4 is 5.32 Å². The maximum Gasteiger partial charge on any atom is 0.475 e. The van der Waals surface area contributed by atoms with Gasteiger partial charge in [-0.15, -0.1) is 4.31 Å². The zero-order valence-electron chi connectivity index (χ0n) is 18.2. The van der Waals surface area contributed by atoms with Crippen molar-refractivity contribution in [2.45, 2.75) is 68.6 Å². The van der Waals surface area contributed by atoms with Gasteiger partial charge in [0.25, 0.3) is 0 Å². The number of nitrogens with one attached hydrogen (secondary N) is 1. The Labute approximate surface area is 191 Å². The minimum Gasteiger partial charge on any atom is -0.598 e. The van der Waals surface area contributed by atoms with Gasteiger partial charge in [0.15, 0.2) is 0 Å². The number of rotatable bonds is 8. The summed E-state index contributed by atoms with van der Waals surface area (Å²) >= 11 is -1.05. The van der Waals surface area contributed by atoms with Gasteiger partial charge in [0, 0.05) is 23.3 Å². The molecule has 0 spiro atoms. The van der Waals surface area contributed by atoms with Crippen molar-refractivity contribution in [3.8, 4) is 0 Å². The Morgan fingerprint density at radius 1 is 1.25 bits per heavy atom. The van der Waals surface area contributed by atoms with E-state index in [1.807, 2.05) is 28.6 Å². The molecule has 3 unspecified atom stereocenters. The number of hydrogen-bond donors (Lipinski definition) is 3. The molecule has 1 amide bonds. The topological polar surface area (TPSA) is 118 Å². The summed E-state index contributed by atoms with van der Waals surface area (Å²) in [6.07, 6.45) is 8.26. The lowest BCUT2D eigenvalue weighted by Gasteiger charge is -2.32. The number of ether oxygens (including phenoxy) is 1. The fraction of sp³-hybridized carbons (Fsp3) is 0.591. The molecule has 4 rings (SSSR count). The highest BCUT2D eigenvalue weighted by molar-refractivity contribution is 7.89. The summed E-state index contributed by atoms with van der Waals surface area (Å²) in [6.45, 7) is 0.886. The van der Waals surface area contributed by atoms with Gasteiger partial charge in [-0.05, 0) is 56.6 Å². The summed E-state index contributed by atoms with van der Waals surface area (Å²) in [7, 11) is -1.75. The van der Waals surface area contributed by atoms with Crippen molar-refractivity contribution in [3.63, 3.8) is 0 Å². The van der Waals surface area contributed by atoms with Crippen LogP contribution in [-0.2, 0) is 22.5 Å². The van der Waals surface area contributed by atoms with Crippen molar-refractivity contribution in [2.24, 2.45) is 0 Å². The van der Waals surface area contributed by atoms with E-state index in [1.165, 1.54) is 6.42 Å². The standard InChI is InChI=1S/C22H31BN2O6S/c26-22(24-21(23(27)28)13-16-14-30-20-11-5-4-10-19(16)20)31-15-17-7-6-12-25(17)32(29)18-8-2-1-3-9-18/h4-5,10-11,14,17-18,21,27-28H,1-3,6-9,12-13,15H2,(H,24,26). The molecule has 0 radical (unpaired) electrons. The average Bonchev–Trinajstić information content (AvgIpc) is 3.44. The minimum absolute atomic E-state index is 0.0705. The summed E-state index contributed by atoms with van der Waals surface area (Å²) < 4.78 is 25.9. The summed E-state index contributed by atoms with van der Waals surface area (Å²) in [4.78, 5) is 12.4. The van der Waals surface area contributed by atoms with Crippen LogP contribution in [0.1, 0.15) is 50.5 Å². The number of amides is 1.